The fraction of sp³-hybridized carbons (Fsp3) is 0.526. The molecule has 9 heteroatoms. The van der Waals surface area contributed by atoms with Gasteiger partial charge in [-0.3, -0.25) is 0 Å². The van der Waals surface area contributed by atoms with Crippen molar-refractivity contribution in [3.8, 4) is 11.5 Å². The average molecular weight is 390 g/mol. The van der Waals surface area contributed by atoms with E-state index >= 15 is 0 Å². The quantitative estimate of drug-likeness (QED) is 0.741. The smallest absolute Gasteiger partial charge is 0.425 e. The van der Waals surface area contributed by atoms with Crippen LogP contribution in [0.3, 0.4) is 0 Å². The molecule has 0 bridgehead atoms. The van der Waals surface area contributed by atoms with Crippen LogP contribution in [0.2, 0.25) is 0 Å². The molecule has 0 N–H and O–H groups in total. The molecular formula is C19H26N4O5. The summed E-state index contributed by atoms with van der Waals surface area (Å²) in [7, 11) is 0. The Morgan fingerprint density at radius 2 is 1.50 bits per heavy atom. The zero-order valence-electron chi connectivity index (χ0n) is 17.5. The van der Waals surface area contributed by atoms with Crippen molar-refractivity contribution in [3.05, 3.63) is 23.7 Å². The molecule has 152 valence electrons. The van der Waals surface area contributed by atoms with Gasteiger partial charge in [0.05, 0.1) is 17.6 Å². The number of ether oxygens (including phenoxy) is 2. The van der Waals surface area contributed by atoms with E-state index in [9.17, 15) is 9.59 Å². The number of hydrogen-bond donors (Lipinski definition) is 0. The third-order valence-corrected chi connectivity index (χ3v) is 3.10. The van der Waals surface area contributed by atoms with E-state index in [1.165, 1.54) is 6.20 Å². The summed E-state index contributed by atoms with van der Waals surface area (Å²) in [6.45, 7) is 13.6. The zero-order chi connectivity index (χ0) is 21.3. The first-order chi connectivity index (χ1) is 12.8. The molecule has 2 aromatic rings. The van der Waals surface area contributed by atoms with Crippen LogP contribution < -0.4 is 4.90 Å². The van der Waals surface area contributed by atoms with E-state index in [4.69, 9.17) is 14.0 Å². The number of rotatable bonds is 2. The van der Waals surface area contributed by atoms with Crippen LogP contribution in [-0.2, 0) is 9.47 Å². The summed E-state index contributed by atoms with van der Waals surface area (Å²) in [5.41, 5.74) is -0.305. The molecule has 2 amide bonds. The molecule has 2 aromatic heterocycles. The minimum atomic E-state index is -0.933. The molecule has 2 heterocycles. The molecular weight excluding hydrogens is 364 g/mol. The van der Waals surface area contributed by atoms with Gasteiger partial charge in [0.25, 0.3) is 0 Å². The lowest BCUT2D eigenvalue weighted by Gasteiger charge is -2.28. The maximum atomic E-state index is 12.8. The first-order valence-corrected chi connectivity index (χ1v) is 8.80. The van der Waals surface area contributed by atoms with Crippen LogP contribution in [0, 0.1) is 13.8 Å². The number of hydrogen-bond acceptors (Lipinski definition) is 8. The Hall–Kier alpha value is -2.97. The van der Waals surface area contributed by atoms with Gasteiger partial charge >= 0.3 is 12.2 Å². The third-order valence-electron chi connectivity index (χ3n) is 3.10. The van der Waals surface area contributed by atoms with Crippen LogP contribution in [0.25, 0.3) is 11.5 Å². The maximum Gasteiger partial charge on any atom is 0.425 e. The topological polar surface area (TPSA) is 108 Å². The summed E-state index contributed by atoms with van der Waals surface area (Å²) >= 11 is 0. The van der Waals surface area contributed by atoms with Gasteiger partial charge in [0.1, 0.15) is 11.2 Å². The first-order valence-electron chi connectivity index (χ1n) is 8.80. The van der Waals surface area contributed by atoms with Gasteiger partial charge in [0.15, 0.2) is 17.3 Å². The normalized spacial score (nSPS) is 11.9. The van der Waals surface area contributed by atoms with Gasteiger partial charge in [-0.2, -0.15) is 4.90 Å². The van der Waals surface area contributed by atoms with E-state index in [0.717, 1.165) is 4.90 Å². The number of nitrogens with zero attached hydrogens (tertiary/aromatic N) is 4. The van der Waals surface area contributed by atoms with Crippen molar-refractivity contribution in [1.82, 2.24) is 15.1 Å². The van der Waals surface area contributed by atoms with Gasteiger partial charge in [-0.1, -0.05) is 5.16 Å². The van der Waals surface area contributed by atoms with Gasteiger partial charge in [-0.05, 0) is 55.4 Å². The Kier molecular flexibility index (Phi) is 5.77. The molecule has 0 aliphatic rings. The Bertz CT molecular complexity index is 849. The highest BCUT2D eigenvalue weighted by molar-refractivity contribution is 6.10. The lowest BCUT2D eigenvalue weighted by atomic mass is 10.2. The summed E-state index contributed by atoms with van der Waals surface area (Å²) < 4.78 is 16.1. The third kappa shape index (κ3) is 5.51. The molecule has 0 radical (unpaired) electrons. The molecule has 28 heavy (non-hydrogen) atoms. The Balaban J connectivity index is 2.60. The standard InChI is InChI=1S/C19H26N4O5/c1-11-9-13(28-22-11)14-15(20-10-12(2)21-14)23(16(24)26-18(3,4)5)17(25)27-19(6,7)8/h9-10H,1-8H3. The van der Waals surface area contributed by atoms with Crippen LogP contribution in [0.5, 0.6) is 0 Å². The monoisotopic (exact) mass is 390 g/mol. The van der Waals surface area contributed by atoms with Crippen LogP contribution in [0.4, 0.5) is 15.4 Å². The van der Waals surface area contributed by atoms with Crippen LogP contribution in [-0.4, -0.2) is 38.5 Å². The minimum absolute atomic E-state index is 0.0646. The summed E-state index contributed by atoms with van der Waals surface area (Å²) in [5, 5.41) is 3.84. The number of carbonyl (C=O) groups excluding carboxylic acids is 2. The van der Waals surface area contributed by atoms with Crippen molar-refractivity contribution in [1.29, 1.82) is 0 Å². The largest absolute Gasteiger partial charge is 0.443 e. The summed E-state index contributed by atoms with van der Waals surface area (Å²) in [4.78, 5) is 35.0. The molecule has 2 rings (SSSR count). The van der Waals surface area contributed by atoms with Crippen molar-refractivity contribution in [3.63, 3.8) is 0 Å². The molecule has 0 aliphatic heterocycles. The molecule has 0 aliphatic carbocycles. The number of carbonyl (C=O) groups is 2. The molecule has 0 aromatic carbocycles. The van der Waals surface area contributed by atoms with Crippen LogP contribution in [0.15, 0.2) is 16.8 Å². The van der Waals surface area contributed by atoms with Crippen LogP contribution in [0.1, 0.15) is 52.9 Å². The Labute approximate surface area is 164 Å². The number of aromatic nitrogens is 3. The van der Waals surface area contributed by atoms with Gasteiger partial charge in [-0.15, -0.1) is 0 Å². The SMILES string of the molecule is Cc1cc(-c2nc(C)cnc2N(C(=O)OC(C)(C)C)C(=O)OC(C)(C)C)on1. The molecule has 0 spiro atoms. The second-order valence-corrected chi connectivity index (χ2v) is 8.31. The number of imide groups is 1. The van der Waals surface area contributed by atoms with E-state index in [1.54, 1.807) is 61.5 Å². The highest BCUT2D eigenvalue weighted by atomic mass is 16.6. The van der Waals surface area contributed by atoms with E-state index in [1.807, 2.05) is 0 Å². The summed E-state index contributed by atoms with van der Waals surface area (Å²) in [6.07, 6.45) is -0.432. The van der Waals surface area contributed by atoms with Gasteiger partial charge < -0.3 is 14.0 Å². The van der Waals surface area contributed by atoms with Crippen molar-refractivity contribution in [2.45, 2.75) is 66.6 Å². The summed E-state index contributed by atoms with van der Waals surface area (Å²) in [5.74, 6) is 0.200. The van der Waals surface area contributed by atoms with Crippen molar-refractivity contribution < 1.29 is 23.6 Å². The highest BCUT2D eigenvalue weighted by Crippen LogP contribution is 2.30. The van der Waals surface area contributed by atoms with Gasteiger partial charge in [0, 0.05) is 6.07 Å². The maximum absolute atomic E-state index is 12.8. The van der Waals surface area contributed by atoms with Crippen molar-refractivity contribution in [2.24, 2.45) is 0 Å². The summed E-state index contributed by atoms with van der Waals surface area (Å²) in [6, 6.07) is 1.63. The van der Waals surface area contributed by atoms with E-state index in [-0.39, 0.29) is 17.3 Å². The van der Waals surface area contributed by atoms with Crippen molar-refractivity contribution >= 4 is 18.0 Å². The van der Waals surface area contributed by atoms with Crippen molar-refractivity contribution in [2.75, 3.05) is 4.90 Å². The molecule has 0 unspecified atom stereocenters. The predicted octanol–water partition coefficient (Wildman–Crippen LogP) is 4.43. The van der Waals surface area contributed by atoms with Gasteiger partial charge in [0.2, 0.25) is 0 Å². The molecule has 0 saturated heterocycles. The number of amides is 2. The second kappa shape index (κ2) is 7.57. The number of aryl methyl sites for hydroxylation is 2. The van der Waals surface area contributed by atoms with Crippen LogP contribution >= 0.6 is 0 Å². The molecule has 0 saturated carbocycles. The Morgan fingerprint density at radius 3 is 1.93 bits per heavy atom. The first kappa shape index (κ1) is 21.3. The lowest BCUT2D eigenvalue weighted by Crippen LogP contribution is -2.44. The van der Waals surface area contributed by atoms with E-state index in [0.29, 0.717) is 11.4 Å². The molecule has 0 atom stereocenters. The fourth-order valence-corrected chi connectivity index (χ4v) is 2.14. The van der Waals surface area contributed by atoms with E-state index in [2.05, 4.69) is 15.1 Å². The van der Waals surface area contributed by atoms with Gasteiger partial charge in [-0.25, -0.2) is 19.6 Å². The Morgan fingerprint density at radius 1 is 0.964 bits per heavy atom. The minimum Gasteiger partial charge on any atom is -0.443 e. The lowest BCUT2D eigenvalue weighted by molar-refractivity contribution is 0.0429. The fourth-order valence-electron chi connectivity index (χ4n) is 2.14. The molecule has 9 nitrogen and oxygen atoms in total. The zero-order valence-corrected chi connectivity index (χ0v) is 17.5. The van der Waals surface area contributed by atoms with E-state index < -0.39 is 23.4 Å². The molecule has 0 fully saturated rings. The predicted molar refractivity (Wildman–Crippen MR) is 102 cm³/mol. The average Bonchev–Trinajstić information content (AvgIpc) is 2.91. The highest BCUT2D eigenvalue weighted by Gasteiger charge is 2.36. The number of anilines is 1. The second-order valence-electron chi connectivity index (χ2n) is 8.31.